The van der Waals surface area contributed by atoms with Gasteiger partial charge in [-0.1, -0.05) is 34.8 Å². The van der Waals surface area contributed by atoms with E-state index < -0.39 is 5.82 Å². The Labute approximate surface area is 131 Å². The van der Waals surface area contributed by atoms with Crippen LogP contribution in [0.15, 0.2) is 30.3 Å². The fourth-order valence-electron chi connectivity index (χ4n) is 2.31. The van der Waals surface area contributed by atoms with Gasteiger partial charge in [0.1, 0.15) is 11.0 Å². The Morgan fingerprint density at radius 2 is 1.76 bits per heavy atom. The van der Waals surface area contributed by atoms with E-state index in [0.29, 0.717) is 16.5 Å². The maximum Gasteiger partial charge on any atom is 0.161 e. The first-order valence-electron chi connectivity index (χ1n) is 6.35. The maximum absolute atomic E-state index is 13.6. The Morgan fingerprint density at radius 3 is 2.48 bits per heavy atom. The summed E-state index contributed by atoms with van der Waals surface area (Å²) in [6, 6.07) is 8.43. The van der Waals surface area contributed by atoms with Gasteiger partial charge in [0.05, 0.1) is 10.5 Å². The van der Waals surface area contributed by atoms with Gasteiger partial charge in [0.2, 0.25) is 0 Å². The molecule has 21 heavy (non-hydrogen) atoms. The number of rotatable bonds is 1. The van der Waals surface area contributed by atoms with Crippen LogP contribution in [0.3, 0.4) is 0 Å². The number of halogens is 3. The van der Waals surface area contributed by atoms with Crippen molar-refractivity contribution in [3.8, 4) is 11.4 Å². The number of hydrogen-bond donors (Lipinski definition) is 0. The summed E-state index contributed by atoms with van der Waals surface area (Å²) in [5.74, 6) is -0.121. The lowest BCUT2D eigenvalue weighted by molar-refractivity contribution is 0.628. The zero-order valence-electron chi connectivity index (χ0n) is 11.4. The molecule has 3 aromatic rings. The minimum absolute atomic E-state index is 0.0671. The number of fused-ring (bicyclic) bond motifs is 1. The van der Waals surface area contributed by atoms with E-state index >= 15 is 0 Å². The van der Waals surface area contributed by atoms with E-state index in [0.717, 1.165) is 22.0 Å². The normalized spacial score (nSPS) is 11.1. The standard InChI is InChI=1S/C16H11Cl2FN2/c1-8-5-9(2)14-11(6-8)15(18)21-16(20-14)10-3-4-12(17)13(19)7-10/h3-7H,1-2H3. The first kappa shape index (κ1) is 14.2. The van der Waals surface area contributed by atoms with Crippen molar-refractivity contribution < 1.29 is 4.39 Å². The molecule has 0 aliphatic heterocycles. The number of aryl methyl sites for hydroxylation is 2. The van der Waals surface area contributed by atoms with Crippen LogP contribution in [0.5, 0.6) is 0 Å². The largest absolute Gasteiger partial charge is 0.228 e. The summed E-state index contributed by atoms with van der Waals surface area (Å²) in [6.07, 6.45) is 0. The number of hydrogen-bond acceptors (Lipinski definition) is 2. The van der Waals surface area contributed by atoms with Crippen LogP contribution in [0.1, 0.15) is 11.1 Å². The molecule has 0 fully saturated rings. The second kappa shape index (κ2) is 5.24. The second-order valence-electron chi connectivity index (χ2n) is 4.94. The minimum Gasteiger partial charge on any atom is -0.228 e. The second-order valence-corrected chi connectivity index (χ2v) is 5.71. The van der Waals surface area contributed by atoms with Crippen LogP contribution in [0.4, 0.5) is 4.39 Å². The molecule has 0 aliphatic rings. The molecule has 0 unspecified atom stereocenters. The van der Waals surface area contributed by atoms with Gasteiger partial charge in [0, 0.05) is 10.9 Å². The van der Waals surface area contributed by atoms with Gasteiger partial charge in [-0.25, -0.2) is 14.4 Å². The van der Waals surface area contributed by atoms with Crippen molar-refractivity contribution in [2.24, 2.45) is 0 Å². The number of benzene rings is 2. The van der Waals surface area contributed by atoms with Crippen LogP contribution in [0, 0.1) is 19.7 Å². The third kappa shape index (κ3) is 2.59. The highest BCUT2D eigenvalue weighted by Crippen LogP contribution is 2.29. The molecular weight excluding hydrogens is 310 g/mol. The number of aromatic nitrogens is 2. The van der Waals surface area contributed by atoms with Gasteiger partial charge in [0.15, 0.2) is 5.82 Å². The highest BCUT2D eigenvalue weighted by atomic mass is 35.5. The number of nitrogens with zero attached hydrogens (tertiary/aromatic N) is 2. The van der Waals surface area contributed by atoms with Crippen molar-refractivity contribution >= 4 is 34.1 Å². The summed E-state index contributed by atoms with van der Waals surface area (Å²) in [7, 11) is 0. The van der Waals surface area contributed by atoms with Crippen LogP contribution < -0.4 is 0 Å². The molecule has 1 aromatic heterocycles. The molecule has 2 aromatic carbocycles. The molecule has 0 spiro atoms. The molecule has 106 valence electrons. The SMILES string of the molecule is Cc1cc(C)c2nc(-c3ccc(Cl)c(F)c3)nc(Cl)c2c1. The highest BCUT2D eigenvalue weighted by molar-refractivity contribution is 6.34. The van der Waals surface area contributed by atoms with Gasteiger partial charge < -0.3 is 0 Å². The molecule has 0 radical (unpaired) electrons. The average Bonchev–Trinajstić information content (AvgIpc) is 2.43. The summed E-state index contributed by atoms with van der Waals surface area (Å²) < 4.78 is 13.6. The zero-order valence-corrected chi connectivity index (χ0v) is 12.9. The molecule has 5 heteroatoms. The van der Waals surface area contributed by atoms with E-state index in [4.69, 9.17) is 23.2 Å². The quantitative estimate of drug-likeness (QED) is 0.564. The van der Waals surface area contributed by atoms with Gasteiger partial charge in [-0.3, -0.25) is 0 Å². The molecular formula is C16H11Cl2FN2. The van der Waals surface area contributed by atoms with E-state index in [2.05, 4.69) is 9.97 Å². The molecule has 2 nitrogen and oxygen atoms in total. The Balaban J connectivity index is 2.27. The predicted molar refractivity (Wildman–Crippen MR) is 84.4 cm³/mol. The molecule has 0 bridgehead atoms. The summed E-state index contributed by atoms with van der Waals surface area (Å²) >= 11 is 12.0. The van der Waals surface area contributed by atoms with Crippen molar-refractivity contribution in [1.82, 2.24) is 9.97 Å². The van der Waals surface area contributed by atoms with E-state index in [1.54, 1.807) is 6.07 Å². The smallest absolute Gasteiger partial charge is 0.161 e. The fraction of sp³-hybridized carbons (Fsp3) is 0.125. The van der Waals surface area contributed by atoms with Gasteiger partial charge in [-0.05, 0) is 43.7 Å². The summed E-state index contributed by atoms with van der Waals surface area (Å²) in [5, 5.41) is 1.22. The van der Waals surface area contributed by atoms with Crippen LogP contribution >= 0.6 is 23.2 Å². The van der Waals surface area contributed by atoms with Crippen LogP contribution in [0.2, 0.25) is 10.2 Å². The fourth-order valence-corrected chi connectivity index (χ4v) is 2.66. The highest BCUT2D eigenvalue weighted by Gasteiger charge is 2.12. The molecule has 0 atom stereocenters. The summed E-state index contributed by atoms with van der Waals surface area (Å²) in [4.78, 5) is 8.78. The Kier molecular flexibility index (Phi) is 3.56. The van der Waals surface area contributed by atoms with Crippen molar-refractivity contribution in [1.29, 1.82) is 0 Å². The lowest BCUT2D eigenvalue weighted by Gasteiger charge is -2.08. The summed E-state index contributed by atoms with van der Waals surface area (Å²) in [6.45, 7) is 3.95. The maximum atomic E-state index is 13.6. The molecule has 1 heterocycles. The molecule has 0 saturated heterocycles. The van der Waals surface area contributed by atoms with Crippen molar-refractivity contribution in [2.45, 2.75) is 13.8 Å². The van der Waals surface area contributed by atoms with Gasteiger partial charge in [-0.15, -0.1) is 0 Å². The molecule has 0 N–H and O–H groups in total. The third-order valence-electron chi connectivity index (χ3n) is 3.27. The van der Waals surface area contributed by atoms with Crippen LogP contribution in [0.25, 0.3) is 22.3 Å². The minimum atomic E-state index is -0.505. The monoisotopic (exact) mass is 320 g/mol. The Hall–Kier alpha value is -1.71. The predicted octanol–water partition coefficient (Wildman–Crippen LogP) is 5.36. The molecule has 0 aliphatic carbocycles. The van der Waals surface area contributed by atoms with Crippen molar-refractivity contribution in [3.63, 3.8) is 0 Å². The lowest BCUT2D eigenvalue weighted by atomic mass is 10.1. The third-order valence-corrected chi connectivity index (χ3v) is 3.86. The first-order valence-corrected chi connectivity index (χ1v) is 7.11. The van der Waals surface area contributed by atoms with E-state index in [1.165, 1.54) is 12.1 Å². The summed E-state index contributed by atoms with van der Waals surface area (Å²) in [5.41, 5.74) is 3.41. The van der Waals surface area contributed by atoms with Gasteiger partial charge in [0.25, 0.3) is 0 Å². The lowest BCUT2D eigenvalue weighted by Crippen LogP contribution is -1.95. The van der Waals surface area contributed by atoms with E-state index in [-0.39, 0.29) is 5.02 Å². The van der Waals surface area contributed by atoms with E-state index in [9.17, 15) is 4.39 Å². The topological polar surface area (TPSA) is 25.8 Å². The Morgan fingerprint density at radius 1 is 1.00 bits per heavy atom. The van der Waals surface area contributed by atoms with Crippen molar-refractivity contribution in [3.05, 3.63) is 57.5 Å². The van der Waals surface area contributed by atoms with Crippen molar-refractivity contribution in [2.75, 3.05) is 0 Å². The van der Waals surface area contributed by atoms with Gasteiger partial charge in [-0.2, -0.15) is 0 Å². The van der Waals surface area contributed by atoms with Gasteiger partial charge >= 0.3 is 0 Å². The Bertz CT molecular complexity index is 863. The average molecular weight is 321 g/mol. The molecule has 0 saturated carbocycles. The zero-order chi connectivity index (χ0) is 15.1. The van der Waals surface area contributed by atoms with Crippen LogP contribution in [-0.4, -0.2) is 9.97 Å². The molecule has 3 rings (SSSR count). The van der Waals surface area contributed by atoms with E-state index in [1.807, 2.05) is 26.0 Å². The first-order chi connectivity index (χ1) is 9.95. The van der Waals surface area contributed by atoms with Crippen LogP contribution in [-0.2, 0) is 0 Å². The molecule has 0 amide bonds.